The number of azo groups is 2. The van der Waals surface area contributed by atoms with E-state index in [-0.39, 0.29) is 59.7 Å². The van der Waals surface area contributed by atoms with Gasteiger partial charge in [-0.3, -0.25) is 4.55 Å². The van der Waals surface area contributed by atoms with Crippen molar-refractivity contribution in [1.82, 2.24) is 24.9 Å². The normalized spacial score (nSPS) is 11.6. The molecule has 0 atom stereocenters. The van der Waals surface area contributed by atoms with Gasteiger partial charge in [-0.1, -0.05) is 28.7 Å². The molecule has 5 N–H and O–H groups in total. The highest BCUT2D eigenvalue weighted by Crippen LogP contribution is 2.39. The standard InChI is InChI=1S/C43H50N14O5S3.O3S/c1-7-55(8-2)28-12-15-30(51-53-42-46-32-14-11-26(5)21-35(32)63-42)33(24-28)44-39-48-40(50-41(49-39)57(17-19-58)18-20-59)45-34-25-29(56(9-3)10-4)13-16-31(34)52-54-43-47-38-36(64-43)22-27(6)23-37(38)65(60,61)62;1-4(2)3/h11-16,21-25,58-59H,7-10,17-20H2,1-6H3,(H,60,61,62)(H2,44,45,48,49,50);. The van der Waals surface area contributed by atoms with Crippen molar-refractivity contribution in [2.45, 2.75) is 46.4 Å². The molecule has 0 saturated carbocycles. The average Bonchev–Trinajstić information content (AvgIpc) is 3.91. The van der Waals surface area contributed by atoms with Crippen LogP contribution in [-0.4, -0.2) is 113 Å². The summed E-state index contributed by atoms with van der Waals surface area (Å²) in [5.74, 6) is 0.403. The zero-order valence-electron chi connectivity index (χ0n) is 38.4. The minimum Gasteiger partial charge on any atom is -0.395 e. The lowest BCUT2D eigenvalue weighted by Gasteiger charge is -2.24. The number of nitrogens with one attached hydrogen (secondary N) is 2. The molecule has 7 aromatic rings. The molecule has 0 radical (unpaired) electrons. The van der Waals surface area contributed by atoms with Crippen LogP contribution in [0.1, 0.15) is 38.8 Å². The quantitative estimate of drug-likeness (QED) is 0.0352. The Morgan fingerprint density at radius 3 is 1.59 bits per heavy atom. The van der Waals surface area contributed by atoms with E-state index in [4.69, 9.17) is 27.6 Å². The van der Waals surface area contributed by atoms with Crippen molar-refractivity contribution < 1.29 is 35.8 Å². The minimum absolute atomic E-state index is 0.0967. The number of aromatic nitrogens is 5. The zero-order valence-corrected chi connectivity index (χ0v) is 41.7. The van der Waals surface area contributed by atoms with E-state index in [2.05, 4.69) is 84.6 Å². The Bertz CT molecular complexity index is 3200. The van der Waals surface area contributed by atoms with Gasteiger partial charge < -0.3 is 35.5 Å². The van der Waals surface area contributed by atoms with Gasteiger partial charge in [0.1, 0.15) is 21.8 Å². The van der Waals surface area contributed by atoms with Gasteiger partial charge in [0.15, 0.2) is 0 Å². The number of benzene rings is 4. The molecule has 0 saturated heterocycles. The number of fused-ring (bicyclic) bond motifs is 2. The summed E-state index contributed by atoms with van der Waals surface area (Å²) < 4.78 is 61.2. The van der Waals surface area contributed by atoms with Crippen molar-refractivity contribution in [3.05, 3.63) is 77.9 Å². The second kappa shape index (κ2) is 23.6. The number of hydrogen-bond acceptors (Lipinski definition) is 23. The van der Waals surface area contributed by atoms with Gasteiger partial charge in [-0.05, 0) is 113 Å². The largest absolute Gasteiger partial charge is 0.425 e. The maximum Gasteiger partial charge on any atom is 0.425 e. The highest BCUT2D eigenvalue weighted by atomic mass is 32.2. The van der Waals surface area contributed by atoms with E-state index in [0.717, 1.165) is 64.7 Å². The maximum atomic E-state index is 12.2. The van der Waals surface area contributed by atoms with Crippen LogP contribution in [0, 0.1) is 13.8 Å². The van der Waals surface area contributed by atoms with Crippen molar-refractivity contribution in [1.29, 1.82) is 0 Å². The minimum atomic E-state index is -4.55. The number of aliphatic hydroxyl groups is 2. The van der Waals surface area contributed by atoms with Crippen molar-refractivity contribution >= 4 is 126 Å². The Labute approximate surface area is 407 Å². The Kier molecular flexibility index (Phi) is 17.7. The molecular weight excluding hydrogens is 969 g/mol. The van der Waals surface area contributed by atoms with Gasteiger partial charge in [0.25, 0.3) is 10.1 Å². The van der Waals surface area contributed by atoms with E-state index in [0.29, 0.717) is 38.1 Å². The molecule has 0 amide bonds. The topological polar surface area (TPSA) is 294 Å². The molecule has 3 aromatic heterocycles. The monoisotopic (exact) mass is 1020 g/mol. The molecule has 0 bridgehead atoms. The van der Waals surface area contributed by atoms with Crippen LogP contribution in [0.3, 0.4) is 0 Å². The Hall–Kier alpha value is -6.68. The molecule has 0 aliphatic carbocycles. The van der Waals surface area contributed by atoms with Crippen LogP contribution in [0.4, 0.5) is 62.2 Å². The van der Waals surface area contributed by atoms with Gasteiger partial charge >= 0.3 is 10.6 Å². The number of aryl methyl sites for hydroxylation is 2. The van der Waals surface area contributed by atoms with Crippen molar-refractivity contribution in [3.63, 3.8) is 0 Å². The first-order valence-electron chi connectivity index (χ1n) is 21.5. The van der Waals surface area contributed by atoms with Crippen LogP contribution >= 0.6 is 22.7 Å². The zero-order chi connectivity index (χ0) is 49.8. The first-order valence-corrected chi connectivity index (χ1v) is 25.5. The molecule has 4 aromatic carbocycles. The summed E-state index contributed by atoms with van der Waals surface area (Å²) >= 11 is 2.57. The van der Waals surface area contributed by atoms with E-state index >= 15 is 0 Å². The summed E-state index contributed by atoms with van der Waals surface area (Å²) in [6.07, 6.45) is 0. The van der Waals surface area contributed by atoms with Crippen LogP contribution in [0.5, 0.6) is 0 Å². The Balaban J connectivity index is 0.00000188. The number of thiazole rings is 2. The molecule has 364 valence electrons. The SMILES string of the molecule is CCN(CC)c1ccc(N=Nc2nc3ccc(C)cc3s2)c(Nc2nc(Nc3cc(N(CC)CC)ccc3N=Nc3nc4c(S(=O)(=O)O)cc(C)cc4s3)nc(N(CCO)CCO)n2)c1.O=S(=O)=O. The lowest BCUT2D eigenvalue weighted by molar-refractivity contribution is 0.280. The van der Waals surface area contributed by atoms with Crippen LogP contribution < -0.4 is 25.3 Å². The number of anilines is 7. The molecular formula is C43H50N14O8S4. The summed E-state index contributed by atoms with van der Waals surface area (Å²) in [6, 6.07) is 20.6. The summed E-state index contributed by atoms with van der Waals surface area (Å²) in [4.78, 5) is 29.1. The number of hydrogen-bond donors (Lipinski definition) is 5. The molecule has 0 fully saturated rings. The van der Waals surface area contributed by atoms with Crippen LogP contribution in [0.2, 0.25) is 0 Å². The van der Waals surface area contributed by atoms with Crippen molar-refractivity contribution in [3.8, 4) is 0 Å². The molecule has 69 heavy (non-hydrogen) atoms. The molecule has 0 aliphatic rings. The molecule has 0 unspecified atom stereocenters. The Morgan fingerprint density at radius 2 is 1.10 bits per heavy atom. The van der Waals surface area contributed by atoms with Gasteiger partial charge in [-0.2, -0.15) is 23.4 Å². The van der Waals surface area contributed by atoms with Crippen LogP contribution in [-0.2, 0) is 20.7 Å². The third-order valence-electron chi connectivity index (χ3n) is 10.2. The van der Waals surface area contributed by atoms with E-state index < -0.39 is 20.7 Å². The number of rotatable bonds is 20. The predicted octanol–water partition coefficient (Wildman–Crippen LogP) is 8.75. The smallest absolute Gasteiger partial charge is 0.395 e. The maximum absolute atomic E-state index is 12.2. The van der Waals surface area contributed by atoms with Gasteiger partial charge in [0, 0.05) is 50.6 Å². The summed E-state index contributed by atoms with van der Waals surface area (Å²) in [6.45, 7) is 14.8. The summed E-state index contributed by atoms with van der Waals surface area (Å²) in [7, 11) is -7.66. The van der Waals surface area contributed by atoms with E-state index in [1.54, 1.807) is 24.0 Å². The Morgan fingerprint density at radius 1 is 0.609 bits per heavy atom. The molecule has 0 aliphatic heterocycles. The fourth-order valence-electron chi connectivity index (χ4n) is 7.02. The lowest BCUT2D eigenvalue weighted by atomic mass is 10.2. The first kappa shape index (κ1) is 51.7. The van der Waals surface area contributed by atoms with Crippen LogP contribution in [0.25, 0.3) is 20.4 Å². The van der Waals surface area contributed by atoms with E-state index in [9.17, 15) is 23.2 Å². The molecule has 7 rings (SSSR count). The second-order valence-corrected chi connectivity index (χ2v) is 18.7. The first-order chi connectivity index (χ1) is 33.0. The van der Waals surface area contributed by atoms with Gasteiger partial charge in [0.05, 0.1) is 39.5 Å². The molecule has 26 heteroatoms. The van der Waals surface area contributed by atoms with E-state index in [1.807, 2.05) is 49.4 Å². The lowest BCUT2D eigenvalue weighted by Crippen LogP contribution is -2.31. The van der Waals surface area contributed by atoms with Gasteiger partial charge in [-0.25, -0.2) is 9.97 Å². The fourth-order valence-corrected chi connectivity index (χ4v) is 9.62. The highest BCUT2D eigenvalue weighted by Gasteiger charge is 2.20. The number of aliphatic hydroxyl groups excluding tert-OH is 2. The summed E-state index contributed by atoms with van der Waals surface area (Å²) in [5.41, 5.74) is 6.41. The van der Waals surface area contributed by atoms with E-state index in [1.165, 1.54) is 17.4 Å². The third-order valence-corrected chi connectivity index (χ3v) is 12.9. The molecule has 0 spiro atoms. The van der Waals surface area contributed by atoms with Crippen molar-refractivity contribution in [2.75, 3.05) is 77.8 Å². The van der Waals surface area contributed by atoms with Gasteiger partial charge in [0.2, 0.25) is 28.1 Å². The van der Waals surface area contributed by atoms with Crippen molar-refractivity contribution in [2.24, 2.45) is 20.5 Å². The summed E-state index contributed by atoms with van der Waals surface area (Å²) in [5, 5.41) is 45.5. The average molecular weight is 1020 g/mol. The highest BCUT2D eigenvalue weighted by molar-refractivity contribution is 7.86. The van der Waals surface area contributed by atoms with Crippen LogP contribution in [0.15, 0.2) is 92.1 Å². The second-order valence-electron chi connectivity index (χ2n) is 14.9. The molecule has 22 nitrogen and oxygen atoms in total. The number of nitrogens with zero attached hydrogens (tertiary/aromatic N) is 12. The predicted molar refractivity (Wildman–Crippen MR) is 269 cm³/mol. The molecule has 3 heterocycles. The third kappa shape index (κ3) is 13.5. The fraction of sp³-hybridized carbons (Fsp3) is 0.326. The van der Waals surface area contributed by atoms with Gasteiger partial charge in [-0.15, -0.1) is 33.1 Å².